The minimum absolute atomic E-state index is 0.110. The normalized spacial score (nSPS) is 14.0. The van der Waals surface area contributed by atoms with Crippen LogP contribution in [0.1, 0.15) is 22.7 Å². The summed E-state index contributed by atoms with van der Waals surface area (Å²) < 4.78 is 10.5. The number of hydrogen-bond acceptors (Lipinski definition) is 7. The predicted octanol–water partition coefficient (Wildman–Crippen LogP) is 2.84. The van der Waals surface area contributed by atoms with Gasteiger partial charge in [-0.1, -0.05) is 23.4 Å². The molecule has 2 amide bonds. The van der Waals surface area contributed by atoms with E-state index in [0.717, 1.165) is 4.88 Å². The molecule has 1 aromatic carbocycles. The van der Waals surface area contributed by atoms with Gasteiger partial charge in [0.15, 0.2) is 0 Å². The second kappa shape index (κ2) is 8.97. The second-order valence-electron chi connectivity index (χ2n) is 6.49. The third kappa shape index (κ3) is 4.69. The van der Waals surface area contributed by atoms with E-state index in [4.69, 9.17) is 9.26 Å². The number of morpholine rings is 1. The predicted molar refractivity (Wildman–Crippen MR) is 108 cm³/mol. The van der Waals surface area contributed by atoms with Crippen LogP contribution in [0.5, 0.6) is 0 Å². The number of nitrogens with zero attached hydrogens (tertiary/aromatic N) is 3. The number of hydrogen-bond donors (Lipinski definition) is 1. The Labute approximate surface area is 171 Å². The molecule has 0 unspecified atom stereocenters. The van der Waals surface area contributed by atoms with Gasteiger partial charge >= 0.3 is 0 Å². The van der Waals surface area contributed by atoms with Crippen molar-refractivity contribution in [1.82, 2.24) is 15.0 Å². The number of nitrogens with one attached hydrogen (secondary N) is 1. The highest BCUT2D eigenvalue weighted by atomic mass is 32.1. The maximum atomic E-state index is 12.8. The van der Waals surface area contributed by atoms with Crippen molar-refractivity contribution in [3.8, 4) is 10.7 Å². The summed E-state index contributed by atoms with van der Waals surface area (Å²) in [5.41, 5.74) is 0.972. The standard InChI is InChI=1S/C20H20N4O4S/c25-17(7-8-18-22-19(23-28-18)16-6-3-13-29-16)21-15-5-2-1-4-14(15)20(26)24-9-11-27-12-10-24/h1-6,13H,7-12H2,(H,21,25). The summed E-state index contributed by atoms with van der Waals surface area (Å²) >= 11 is 1.52. The molecule has 0 radical (unpaired) electrons. The molecule has 29 heavy (non-hydrogen) atoms. The van der Waals surface area contributed by atoms with Crippen molar-refractivity contribution in [2.24, 2.45) is 0 Å². The number of aromatic nitrogens is 2. The van der Waals surface area contributed by atoms with Crippen LogP contribution in [0, 0.1) is 0 Å². The van der Waals surface area contributed by atoms with Crippen LogP contribution >= 0.6 is 11.3 Å². The lowest BCUT2D eigenvalue weighted by Crippen LogP contribution is -2.41. The minimum Gasteiger partial charge on any atom is -0.378 e. The number of thiophene rings is 1. The van der Waals surface area contributed by atoms with Crippen LogP contribution in [0.2, 0.25) is 0 Å². The Hall–Kier alpha value is -3.04. The number of ether oxygens (including phenoxy) is 1. The summed E-state index contributed by atoms with van der Waals surface area (Å²) in [5.74, 6) is 0.600. The first kappa shape index (κ1) is 19.3. The van der Waals surface area contributed by atoms with Crippen molar-refractivity contribution >= 4 is 28.8 Å². The van der Waals surface area contributed by atoms with Crippen molar-refractivity contribution in [3.05, 3.63) is 53.2 Å². The van der Waals surface area contributed by atoms with Crippen LogP contribution in [0.3, 0.4) is 0 Å². The summed E-state index contributed by atoms with van der Waals surface area (Å²) in [6, 6.07) is 10.9. The van der Waals surface area contributed by atoms with Crippen molar-refractivity contribution in [2.45, 2.75) is 12.8 Å². The summed E-state index contributed by atoms with van der Waals surface area (Å²) in [5, 5.41) is 8.71. The van der Waals surface area contributed by atoms with E-state index >= 15 is 0 Å². The third-order valence-corrected chi connectivity index (χ3v) is 5.37. The van der Waals surface area contributed by atoms with Crippen LogP contribution in [0.15, 0.2) is 46.3 Å². The van der Waals surface area contributed by atoms with Gasteiger partial charge in [0.25, 0.3) is 5.91 Å². The van der Waals surface area contributed by atoms with Crippen LogP contribution in [0.25, 0.3) is 10.7 Å². The van der Waals surface area contributed by atoms with Gasteiger partial charge in [-0.15, -0.1) is 11.3 Å². The highest BCUT2D eigenvalue weighted by molar-refractivity contribution is 7.13. The van der Waals surface area contributed by atoms with Gasteiger partial charge in [-0.2, -0.15) is 4.98 Å². The average Bonchev–Trinajstić information content (AvgIpc) is 3.45. The minimum atomic E-state index is -0.219. The number of amides is 2. The van der Waals surface area contributed by atoms with Gasteiger partial charge < -0.3 is 19.5 Å². The smallest absolute Gasteiger partial charge is 0.256 e. The Kier molecular flexibility index (Phi) is 5.97. The van der Waals surface area contributed by atoms with Gasteiger partial charge in [0, 0.05) is 25.9 Å². The van der Waals surface area contributed by atoms with E-state index in [1.807, 2.05) is 17.5 Å². The first-order valence-electron chi connectivity index (χ1n) is 9.33. The first-order valence-corrected chi connectivity index (χ1v) is 10.2. The molecule has 4 rings (SSSR count). The molecule has 0 spiro atoms. The molecule has 0 atom stereocenters. The lowest BCUT2D eigenvalue weighted by atomic mass is 10.1. The summed E-state index contributed by atoms with van der Waals surface area (Å²) in [7, 11) is 0. The molecule has 1 aliphatic rings. The van der Waals surface area contributed by atoms with Gasteiger partial charge in [-0.3, -0.25) is 9.59 Å². The van der Waals surface area contributed by atoms with E-state index in [1.54, 1.807) is 29.2 Å². The van der Waals surface area contributed by atoms with Crippen molar-refractivity contribution in [3.63, 3.8) is 0 Å². The Balaban J connectivity index is 1.37. The molecule has 3 heterocycles. The van der Waals surface area contributed by atoms with Crippen LogP contribution in [0.4, 0.5) is 5.69 Å². The van der Waals surface area contributed by atoms with E-state index in [0.29, 0.717) is 55.7 Å². The molecule has 2 aromatic heterocycles. The number of carbonyl (C=O) groups is 2. The molecule has 1 saturated heterocycles. The Bertz CT molecular complexity index is 980. The van der Waals surface area contributed by atoms with Crippen LogP contribution in [-0.4, -0.2) is 53.2 Å². The summed E-state index contributed by atoms with van der Waals surface area (Å²) in [4.78, 5) is 32.2. The Morgan fingerprint density at radius 2 is 1.97 bits per heavy atom. The number of rotatable bonds is 6. The molecule has 1 fully saturated rings. The zero-order valence-electron chi connectivity index (χ0n) is 15.7. The molecular formula is C20H20N4O4S. The molecule has 0 aliphatic carbocycles. The van der Waals surface area contributed by atoms with Gasteiger partial charge in [0.1, 0.15) is 0 Å². The van der Waals surface area contributed by atoms with E-state index in [9.17, 15) is 9.59 Å². The molecule has 9 heteroatoms. The molecule has 150 valence electrons. The van der Waals surface area contributed by atoms with Gasteiger partial charge in [0.05, 0.1) is 29.3 Å². The molecule has 3 aromatic rings. The summed E-state index contributed by atoms with van der Waals surface area (Å²) in [6.07, 6.45) is 0.496. The highest BCUT2D eigenvalue weighted by Gasteiger charge is 2.21. The number of carbonyl (C=O) groups excluding carboxylic acids is 2. The topological polar surface area (TPSA) is 97.6 Å². The molecular weight excluding hydrogens is 392 g/mol. The largest absolute Gasteiger partial charge is 0.378 e. The fourth-order valence-corrected chi connectivity index (χ4v) is 3.66. The zero-order valence-corrected chi connectivity index (χ0v) is 16.5. The van der Waals surface area contributed by atoms with Crippen molar-refractivity contribution in [1.29, 1.82) is 0 Å². The SMILES string of the molecule is O=C(CCc1nc(-c2cccs2)no1)Nc1ccccc1C(=O)N1CCOCC1. The number of aryl methyl sites for hydroxylation is 1. The first-order chi connectivity index (χ1) is 14.2. The third-order valence-electron chi connectivity index (χ3n) is 4.51. The van der Waals surface area contributed by atoms with Gasteiger partial charge in [-0.05, 0) is 23.6 Å². The molecule has 8 nitrogen and oxygen atoms in total. The second-order valence-corrected chi connectivity index (χ2v) is 7.44. The van der Waals surface area contributed by atoms with Gasteiger partial charge in [0.2, 0.25) is 17.6 Å². The fraction of sp³-hybridized carbons (Fsp3) is 0.300. The van der Waals surface area contributed by atoms with Crippen molar-refractivity contribution in [2.75, 3.05) is 31.6 Å². The summed E-state index contributed by atoms with van der Waals surface area (Å²) in [6.45, 7) is 2.14. The average molecular weight is 412 g/mol. The maximum absolute atomic E-state index is 12.8. The molecule has 1 N–H and O–H groups in total. The Morgan fingerprint density at radius 1 is 1.14 bits per heavy atom. The zero-order chi connectivity index (χ0) is 20.1. The fourth-order valence-electron chi connectivity index (χ4n) is 3.01. The number of anilines is 1. The highest BCUT2D eigenvalue weighted by Crippen LogP contribution is 2.22. The number of benzene rings is 1. The molecule has 1 aliphatic heterocycles. The van der Waals surface area contributed by atoms with E-state index in [1.165, 1.54) is 11.3 Å². The maximum Gasteiger partial charge on any atom is 0.256 e. The lowest BCUT2D eigenvalue weighted by Gasteiger charge is -2.27. The van der Waals surface area contributed by atoms with E-state index in [-0.39, 0.29) is 18.2 Å². The Morgan fingerprint density at radius 3 is 2.76 bits per heavy atom. The van der Waals surface area contributed by atoms with Crippen LogP contribution < -0.4 is 5.32 Å². The monoisotopic (exact) mass is 412 g/mol. The molecule has 0 bridgehead atoms. The lowest BCUT2D eigenvalue weighted by molar-refractivity contribution is -0.116. The molecule has 0 saturated carbocycles. The van der Waals surface area contributed by atoms with Gasteiger partial charge in [-0.25, -0.2) is 0 Å². The quantitative estimate of drug-likeness (QED) is 0.669. The number of para-hydroxylation sites is 1. The van der Waals surface area contributed by atoms with E-state index < -0.39 is 0 Å². The van der Waals surface area contributed by atoms with Crippen LogP contribution in [-0.2, 0) is 16.0 Å². The van der Waals surface area contributed by atoms with Crippen molar-refractivity contribution < 1.29 is 18.8 Å². The van der Waals surface area contributed by atoms with E-state index in [2.05, 4.69) is 15.5 Å².